The molecule has 0 spiro atoms. The van der Waals surface area contributed by atoms with E-state index in [1.807, 2.05) is 19.9 Å². The lowest BCUT2D eigenvalue weighted by molar-refractivity contribution is 0.0618. The Labute approximate surface area is 174 Å². The molecule has 7 nitrogen and oxygen atoms in total. The number of pyridine rings is 1. The summed E-state index contributed by atoms with van der Waals surface area (Å²) < 4.78 is 26.5. The van der Waals surface area contributed by atoms with Crippen LogP contribution in [0.1, 0.15) is 32.3 Å². The minimum atomic E-state index is -0.651. The maximum Gasteiger partial charge on any atom is 0.409 e. The molecule has 30 heavy (non-hydrogen) atoms. The van der Waals surface area contributed by atoms with Crippen molar-refractivity contribution >= 4 is 6.09 Å². The molecule has 0 atom stereocenters. The number of nitrogens with zero attached hydrogens (tertiary/aromatic N) is 3. The third kappa shape index (κ3) is 5.17. The third-order valence-corrected chi connectivity index (χ3v) is 4.77. The van der Waals surface area contributed by atoms with E-state index in [0.29, 0.717) is 38.3 Å². The molecule has 8 heteroatoms. The molecule has 1 amide bonds. The molecule has 0 N–H and O–H groups in total. The first-order chi connectivity index (χ1) is 14.4. The van der Waals surface area contributed by atoms with Crippen molar-refractivity contribution in [3.05, 3.63) is 58.3 Å². The monoisotopic (exact) mass is 413 g/mol. The van der Waals surface area contributed by atoms with E-state index in [1.165, 1.54) is 24.4 Å². The largest absolute Gasteiger partial charge is 0.490 e. The summed E-state index contributed by atoms with van der Waals surface area (Å²) in [5.41, 5.74) is -0.187. The second-order valence-electron chi connectivity index (χ2n) is 7.62. The molecule has 0 unspecified atom stereocenters. The molecule has 0 aliphatic carbocycles. The van der Waals surface area contributed by atoms with E-state index in [4.69, 9.17) is 14.7 Å². The predicted octanol–water partition coefficient (Wildman–Crippen LogP) is 3.48. The van der Waals surface area contributed by atoms with Crippen LogP contribution in [0.2, 0.25) is 0 Å². The SMILES string of the molecule is CC(C)COC(=O)N1CCC(Oc2ccn(-c3ccc(C#N)cc3F)c(=O)c2)CC1. The van der Waals surface area contributed by atoms with E-state index in [-0.39, 0.29) is 29.4 Å². The molecule has 1 aromatic heterocycles. The fourth-order valence-electron chi connectivity index (χ4n) is 3.18. The summed E-state index contributed by atoms with van der Waals surface area (Å²) in [7, 11) is 0. The van der Waals surface area contributed by atoms with Gasteiger partial charge in [-0.15, -0.1) is 0 Å². The topological polar surface area (TPSA) is 84.6 Å². The van der Waals surface area contributed by atoms with E-state index in [2.05, 4.69) is 0 Å². The van der Waals surface area contributed by atoms with Crippen molar-refractivity contribution < 1.29 is 18.7 Å². The van der Waals surface area contributed by atoms with E-state index in [9.17, 15) is 14.0 Å². The van der Waals surface area contributed by atoms with Gasteiger partial charge >= 0.3 is 6.09 Å². The first-order valence-electron chi connectivity index (χ1n) is 9.88. The molecule has 2 aromatic rings. The second kappa shape index (κ2) is 9.44. The molecule has 158 valence electrons. The number of benzene rings is 1. The van der Waals surface area contributed by atoms with Crippen LogP contribution in [0.15, 0.2) is 41.3 Å². The number of carbonyl (C=O) groups is 1. The van der Waals surface area contributed by atoms with Crippen LogP contribution in [0.5, 0.6) is 5.75 Å². The average molecular weight is 413 g/mol. The van der Waals surface area contributed by atoms with Crippen molar-refractivity contribution in [2.45, 2.75) is 32.8 Å². The number of amides is 1. The van der Waals surface area contributed by atoms with Crippen molar-refractivity contribution in [1.82, 2.24) is 9.47 Å². The maximum absolute atomic E-state index is 14.2. The first kappa shape index (κ1) is 21.4. The van der Waals surface area contributed by atoms with Crippen molar-refractivity contribution in [2.75, 3.05) is 19.7 Å². The Hall–Kier alpha value is -3.34. The van der Waals surface area contributed by atoms with Gasteiger partial charge in [-0.05, 0) is 30.2 Å². The van der Waals surface area contributed by atoms with Crippen LogP contribution in [0, 0.1) is 23.1 Å². The van der Waals surface area contributed by atoms with Gasteiger partial charge in [0.25, 0.3) is 5.56 Å². The minimum absolute atomic E-state index is 0.0683. The fourth-order valence-corrected chi connectivity index (χ4v) is 3.18. The normalized spacial score (nSPS) is 14.4. The van der Waals surface area contributed by atoms with Crippen LogP contribution in [0.4, 0.5) is 9.18 Å². The summed E-state index contributed by atoms with van der Waals surface area (Å²) >= 11 is 0. The summed E-state index contributed by atoms with van der Waals surface area (Å²) in [6.45, 7) is 5.41. The molecular formula is C22H24FN3O4. The Balaban J connectivity index is 1.60. The number of hydrogen-bond acceptors (Lipinski definition) is 5. The summed E-state index contributed by atoms with van der Waals surface area (Å²) in [6.07, 6.45) is 2.27. The van der Waals surface area contributed by atoms with E-state index < -0.39 is 11.4 Å². The van der Waals surface area contributed by atoms with Gasteiger partial charge in [-0.3, -0.25) is 9.36 Å². The molecular weight excluding hydrogens is 389 g/mol. The number of likely N-dealkylation sites (tertiary alicyclic amines) is 1. The van der Waals surface area contributed by atoms with E-state index >= 15 is 0 Å². The Morgan fingerprint density at radius 1 is 1.27 bits per heavy atom. The highest BCUT2D eigenvalue weighted by Gasteiger charge is 2.25. The Morgan fingerprint density at radius 2 is 2.00 bits per heavy atom. The lowest BCUT2D eigenvalue weighted by Crippen LogP contribution is -2.42. The Kier molecular flexibility index (Phi) is 6.72. The fraction of sp³-hybridized carbons (Fsp3) is 0.409. The van der Waals surface area contributed by atoms with E-state index in [1.54, 1.807) is 11.0 Å². The number of nitriles is 1. The number of rotatable bonds is 5. The number of hydrogen-bond donors (Lipinski definition) is 0. The lowest BCUT2D eigenvalue weighted by Gasteiger charge is -2.31. The summed E-state index contributed by atoms with van der Waals surface area (Å²) in [5, 5.41) is 8.84. The van der Waals surface area contributed by atoms with Crippen molar-refractivity contribution in [1.29, 1.82) is 5.26 Å². The molecule has 0 bridgehead atoms. The van der Waals surface area contributed by atoms with Gasteiger partial charge in [0.05, 0.1) is 23.9 Å². The Bertz CT molecular complexity index is 1000. The van der Waals surface area contributed by atoms with Crippen molar-refractivity contribution in [3.63, 3.8) is 0 Å². The summed E-state index contributed by atoms with van der Waals surface area (Å²) in [6, 6.07) is 8.70. The summed E-state index contributed by atoms with van der Waals surface area (Å²) in [4.78, 5) is 26.1. The van der Waals surface area contributed by atoms with Crippen LogP contribution in [-0.2, 0) is 4.74 Å². The van der Waals surface area contributed by atoms with Gasteiger partial charge in [-0.1, -0.05) is 13.8 Å². The van der Waals surface area contributed by atoms with Crippen LogP contribution in [-0.4, -0.2) is 41.4 Å². The Morgan fingerprint density at radius 3 is 2.60 bits per heavy atom. The smallest absolute Gasteiger partial charge is 0.409 e. The van der Waals surface area contributed by atoms with Crippen LogP contribution < -0.4 is 10.3 Å². The number of ether oxygens (including phenoxy) is 2. The van der Waals surface area contributed by atoms with Crippen LogP contribution in [0.25, 0.3) is 5.69 Å². The van der Waals surface area contributed by atoms with E-state index in [0.717, 1.165) is 10.6 Å². The van der Waals surface area contributed by atoms with Crippen LogP contribution >= 0.6 is 0 Å². The molecule has 1 aliphatic rings. The lowest BCUT2D eigenvalue weighted by atomic mass is 10.1. The molecule has 1 fully saturated rings. The van der Waals surface area contributed by atoms with Crippen LogP contribution in [0.3, 0.4) is 0 Å². The van der Waals surface area contributed by atoms with Crippen molar-refractivity contribution in [3.8, 4) is 17.5 Å². The highest BCUT2D eigenvalue weighted by atomic mass is 19.1. The van der Waals surface area contributed by atoms with Gasteiger partial charge < -0.3 is 14.4 Å². The highest BCUT2D eigenvalue weighted by Crippen LogP contribution is 2.20. The van der Waals surface area contributed by atoms with Gasteiger partial charge in [0.1, 0.15) is 17.7 Å². The molecule has 3 rings (SSSR count). The predicted molar refractivity (Wildman–Crippen MR) is 108 cm³/mol. The summed E-state index contributed by atoms with van der Waals surface area (Å²) in [5.74, 6) is 0.0300. The van der Waals surface area contributed by atoms with Gasteiger partial charge in [0.2, 0.25) is 0 Å². The van der Waals surface area contributed by atoms with Crippen molar-refractivity contribution in [2.24, 2.45) is 5.92 Å². The third-order valence-electron chi connectivity index (χ3n) is 4.77. The number of piperidine rings is 1. The zero-order valence-electron chi connectivity index (χ0n) is 17.0. The molecule has 0 saturated carbocycles. The molecule has 0 radical (unpaired) electrons. The quantitative estimate of drug-likeness (QED) is 0.749. The van der Waals surface area contributed by atoms with Gasteiger partial charge in [-0.25, -0.2) is 9.18 Å². The average Bonchev–Trinajstić information content (AvgIpc) is 2.73. The van der Waals surface area contributed by atoms with Gasteiger partial charge in [0, 0.05) is 38.2 Å². The molecule has 1 aliphatic heterocycles. The standard InChI is InChI=1S/C22H24FN3O4/c1-15(2)14-29-22(28)25-8-5-17(6-9-25)30-18-7-10-26(21(27)12-18)20-4-3-16(13-24)11-19(20)23/h3-4,7,10-12,15,17H,5-6,8-9,14H2,1-2H3. The maximum atomic E-state index is 14.2. The number of aromatic nitrogens is 1. The highest BCUT2D eigenvalue weighted by molar-refractivity contribution is 5.67. The minimum Gasteiger partial charge on any atom is -0.490 e. The number of halogens is 1. The molecule has 1 saturated heterocycles. The van der Waals surface area contributed by atoms with Gasteiger partial charge in [-0.2, -0.15) is 5.26 Å². The number of carbonyl (C=O) groups excluding carboxylic acids is 1. The first-order valence-corrected chi connectivity index (χ1v) is 9.88. The molecule has 2 heterocycles. The zero-order valence-corrected chi connectivity index (χ0v) is 17.0. The van der Waals surface area contributed by atoms with Gasteiger partial charge in [0.15, 0.2) is 0 Å². The molecule has 1 aromatic carbocycles. The zero-order chi connectivity index (χ0) is 21.7. The second-order valence-corrected chi connectivity index (χ2v) is 7.62.